The predicted octanol–water partition coefficient (Wildman–Crippen LogP) is 2.36. The monoisotopic (exact) mass is 331 g/mol. The van der Waals surface area contributed by atoms with E-state index in [4.69, 9.17) is 5.11 Å². The van der Waals surface area contributed by atoms with Gasteiger partial charge in [-0.2, -0.15) is 0 Å². The molecule has 1 aromatic rings. The molecule has 0 heterocycles. The molecule has 0 spiro atoms. The van der Waals surface area contributed by atoms with Crippen molar-refractivity contribution in [1.82, 2.24) is 4.90 Å². The molecule has 1 aromatic carbocycles. The molecule has 0 fully saturated rings. The molecule has 1 rings (SSSR count). The smallest absolute Gasteiger partial charge is 0.317 e. The van der Waals surface area contributed by atoms with Gasteiger partial charge >= 0.3 is 5.97 Å². The topological polar surface area (TPSA) is 40.5 Å². The Morgan fingerprint density at radius 3 is 2.56 bits per heavy atom. The number of aliphatic carboxylic acids is 1. The van der Waals surface area contributed by atoms with Crippen molar-refractivity contribution in [2.24, 2.45) is 0 Å². The van der Waals surface area contributed by atoms with Gasteiger partial charge in [-0.25, -0.2) is 0 Å². The highest BCUT2D eigenvalue weighted by molar-refractivity contribution is 14.1. The van der Waals surface area contributed by atoms with Crippen molar-refractivity contribution in [3.63, 3.8) is 0 Å². The van der Waals surface area contributed by atoms with Gasteiger partial charge in [-0.3, -0.25) is 9.69 Å². The summed E-state index contributed by atoms with van der Waals surface area (Å²) in [6, 6.07) is 8.06. The first kappa shape index (κ1) is 13.2. The summed E-state index contributed by atoms with van der Waals surface area (Å²) < 4.78 is 1.18. The Bertz CT molecular complexity index is 362. The quantitative estimate of drug-likeness (QED) is 0.643. The third-order valence-corrected chi connectivity index (χ3v) is 2.78. The highest BCUT2D eigenvalue weighted by Gasteiger charge is 2.08. The Hall–Kier alpha value is -0.880. The fraction of sp³-hybridized carbons (Fsp3) is 0.250. The van der Waals surface area contributed by atoms with Gasteiger partial charge in [0.2, 0.25) is 0 Å². The van der Waals surface area contributed by atoms with Crippen LogP contribution < -0.4 is 0 Å². The maximum absolute atomic E-state index is 10.7. The van der Waals surface area contributed by atoms with E-state index in [0.717, 1.165) is 5.56 Å². The predicted molar refractivity (Wildman–Crippen MR) is 72.3 cm³/mol. The summed E-state index contributed by atoms with van der Waals surface area (Å²) in [5, 5.41) is 8.76. The summed E-state index contributed by atoms with van der Waals surface area (Å²) in [6.45, 7) is 4.88. The normalized spacial score (nSPS) is 10.4. The average molecular weight is 331 g/mol. The molecule has 16 heavy (non-hydrogen) atoms. The van der Waals surface area contributed by atoms with E-state index in [9.17, 15) is 4.79 Å². The lowest BCUT2D eigenvalue weighted by Gasteiger charge is -2.18. The van der Waals surface area contributed by atoms with Crippen LogP contribution in [0.5, 0.6) is 0 Å². The van der Waals surface area contributed by atoms with Gasteiger partial charge < -0.3 is 5.11 Å². The Balaban J connectivity index is 2.63. The lowest BCUT2D eigenvalue weighted by atomic mass is 10.2. The number of nitrogens with zero attached hydrogens (tertiary/aromatic N) is 1. The number of hydrogen-bond donors (Lipinski definition) is 1. The van der Waals surface area contributed by atoms with Crippen LogP contribution >= 0.6 is 22.6 Å². The molecule has 0 aliphatic rings. The summed E-state index contributed by atoms with van der Waals surface area (Å²) in [5.41, 5.74) is 1.11. The Labute approximate surface area is 109 Å². The number of carboxylic acid groups (broad SMARTS) is 1. The van der Waals surface area contributed by atoms with E-state index in [0.29, 0.717) is 13.1 Å². The van der Waals surface area contributed by atoms with Crippen molar-refractivity contribution in [2.45, 2.75) is 6.54 Å². The standard InChI is InChI=1S/C12H14INO2/c1-2-7-14(9-12(15)16)8-10-3-5-11(13)6-4-10/h2-6H,1,7-9H2,(H,15,16). The molecule has 0 aliphatic heterocycles. The van der Waals surface area contributed by atoms with E-state index in [2.05, 4.69) is 29.2 Å². The molecule has 0 bridgehead atoms. The van der Waals surface area contributed by atoms with Crippen molar-refractivity contribution < 1.29 is 9.90 Å². The van der Waals surface area contributed by atoms with Crippen molar-refractivity contribution in [2.75, 3.05) is 13.1 Å². The summed E-state index contributed by atoms with van der Waals surface area (Å²) in [6.07, 6.45) is 1.72. The number of hydrogen-bond acceptors (Lipinski definition) is 2. The molecular weight excluding hydrogens is 317 g/mol. The zero-order valence-corrected chi connectivity index (χ0v) is 11.1. The van der Waals surface area contributed by atoms with Gasteiger partial charge in [-0.05, 0) is 40.3 Å². The third-order valence-electron chi connectivity index (χ3n) is 2.07. The summed E-state index contributed by atoms with van der Waals surface area (Å²) in [5.74, 6) is -0.813. The van der Waals surface area contributed by atoms with E-state index >= 15 is 0 Å². The van der Waals surface area contributed by atoms with Crippen molar-refractivity contribution in [3.8, 4) is 0 Å². The molecule has 0 unspecified atom stereocenters. The Morgan fingerprint density at radius 1 is 1.44 bits per heavy atom. The van der Waals surface area contributed by atoms with Gasteiger partial charge in [0.15, 0.2) is 0 Å². The van der Waals surface area contributed by atoms with E-state index in [1.54, 1.807) is 6.08 Å². The molecule has 0 amide bonds. The molecule has 3 nitrogen and oxygen atoms in total. The van der Waals surface area contributed by atoms with E-state index in [1.165, 1.54) is 3.57 Å². The highest BCUT2D eigenvalue weighted by atomic mass is 127. The molecule has 1 N–H and O–H groups in total. The van der Waals surface area contributed by atoms with Gasteiger partial charge in [0.05, 0.1) is 6.54 Å². The lowest BCUT2D eigenvalue weighted by molar-refractivity contribution is -0.138. The van der Waals surface area contributed by atoms with Crippen LogP contribution in [0.25, 0.3) is 0 Å². The first-order valence-electron chi connectivity index (χ1n) is 4.91. The van der Waals surface area contributed by atoms with Gasteiger partial charge in [0.25, 0.3) is 0 Å². The number of benzene rings is 1. The maximum Gasteiger partial charge on any atom is 0.317 e. The van der Waals surface area contributed by atoms with E-state index in [1.807, 2.05) is 29.2 Å². The van der Waals surface area contributed by atoms with E-state index < -0.39 is 5.97 Å². The molecular formula is C12H14INO2. The molecule has 0 radical (unpaired) electrons. The van der Waals surface area contributed by atoms with Crippen LogP contribution in [0.1, 0.15) is 5.56 Å². The summed E-state index contributed by atoms with van der Waals surface area (Å²) >= 11 is 2.24. The largest absolute Gasteiger partial charge is 0.480 e. The SMILES string of the molecule is C=CCN(CC(=O)O)Cc1ccc(I)cc1. The second-order valence-corrected chi connectivity index (χ2v) is 4.72. The van der Waals surface area contributed by atoms with Gasteiger partial charge in [0.1, 0.15) is 0 Å². The third kappa shape index (κ3) is 4.76. The zero-order chi connectivity index (χ0) is 12.0. The van der Waals surface area contributed by atoms with Crippen molar-refractivity contribution >= 4 is 28.6 Å². The van der Waals surface area contributed by atoms with Crippen molar-refractivity contribution in [3.05, 3.63) is 46.1 Å². The fourth-order valence-electron chi connectivity index (χ4n) is 1.41. The lowest BCUT2D eigenvalue weighted by Crippen LogP contribution is -2.29. The minimum atomic E-state index is -0.813. The summed E-state index contributed by atoms with van der Waals surface area (Å²) in [4.78, 5) is 12.5. The molecule has 0 atom stereocenters. The molecule has 0 saturated heterocycles. The van der Waals surface area contributed by atoms with Crippen LogP contribution in [0.4, 0.5) is 0 Å². The number of carbonyl (C=O) groups is 1. The minimum Gasteiger partial charge on any atom is -0.480 e. The van der Waals surface area contributed by atoms with Crippen LogP contribution in [0, 0.1) is 3.57 Å². The molecule has 0 aliphatic carbocycles. The van der Waals surface area contributed by atoms with Crippen LogP contribution in [0.3, 0.4) is 0 Å². The maximum atomic E-state index is 10.7. The molecule has 86 valence electrons. The highest BCUT2D eigenvalue weighted by Crippen LogP contribution is 2.09. The first-order valence-corrected chi connectivity index (χ1v) is 5.99. The number of carboxylic acids is 1. The van der Waals surface area contributed by atoms with Crippen LogP contribution in [0.2, 0.25) is 0 Å². The van der Waals surface area contributed by atoms with Crippen LogP contribution in [-0.2, 0) is 11.3 Å². The van der Waals surface area contributed by atoms with Gasteiger partial charge in [0, 0.05) is 16.7 Å². The molecule has 0 saturated carbocycles. The second-order valence-electron chi connectivity index (χ2n) is 3.48. The van der Waals surface area contributed by atoms with Gasteiger partial charge in [-0.15, -0.1) is 6.58 Å². The van der Waals surface area contributed by atoms with Crippen LogP contribution in [-0.4, -0.2) is 29.1 Å². The van der Waals surface area contributed by atoms with Gasteiger partial charge in [-0.1, -0.05) is 18.2 Å². The zero-order valence-electron chi connectivity index (χ0n) is 8.90. The Morgan fingerprint density at radius 2 is 2.06 bits per heavy atom. The Kier molecular flexibility index (Phi) is 5.48. The second kappa shape index (κ2) is 6.65. The van der Waals surface area contributed by atoms with E-state index in [-0.39, 0.29) is 6.54 Å². The molecule has 0 aromatic heterocycles. The first-order chi connectivity index (χ1) is 7.61. The number of halogens is 1. The number of rotatable bonds is 6. The summed E-state index contributed by atoms with van der Waals surface area (Å²) in [7, 11) is 0. The fourth-order valence-corrected chi connectivity index (χ4v) is 1.77. The van der Waals surface area contributed by atoms with Crippen molar-refractivity contribution in [1.29, 1.82) is 0 Å². The average Bonchev–Trinajstić information content (AvgIpc) is 2.21. The van der Waals surface area contributed by atoms with Crippen LogP contribution in [0.15, 0.2) is 36.9 Å². The minimum absolute atomic E-state index is 0.0397. The molecule has 4 heteroatoms.